The number of alkyl carbamates (subject to hydrolysis) is 1. The number of pyridine rings is 1. The van der Waals surface area contributed by atoms with E-state index in [1.165, 1.54) is 44.0 Å². The van der Waals surface area contributed by atoms with Crippen LogP contribution >= 0.6 is 22.9 Å². The van der Waals surface area contributed by atoms with E-state index in [4.69, 9.17) is 40.3 Å². The van der Waals surface area contributed by atoms with E-state index < -0.39 is 53.0 Å². The van der Waals surface area contributed by atoms with Crippen molar-refractivity contribution in [1.82, 2.24) is 25.5 Å². The van der Waals surface area contributed by atoms with Gasteiger partial charge in [-0.25, -0.2) is 19.6 Å². The highest BCUT2D eigenvalue weighted by atomic mass is 35.5. The van der Waals surface area contributed by atoms with Crippen LogP contribution in [0.2, 0.25) is 5.02 Å². The van der Waals surface area contributed by atoms with Crippen LogP contribution in [0, 0.1) is 23.2 Å². The monoisotopic (exact) mass is 795 g/mol. The lowest BCUT2D eigenvalue weighted by molar-refractivity contribution is -0.148. The van der Waals surface area contributed by atoms with Crippen LogP contribution in [0.25, 0.3) is 22.3 Å². The van der Waals surface area contributed by atoms with E-state index in [1.54, 1.807) is 29.7 Å². The number of methoxy groups -OCH3 is 3. The second kappa shape index (κ2) is 14.8. The third-order valence-corrected chi connectivity index (χ3v) is 12.3. The van der Waals surface area contributed by atoms with Crippen molar-refractivity contribution >= 4 is 57.7 Å². The smallest absolute Gasteiger partial charge is 0.408 e. The van der Waals surface area contributed by atoms with Gasteiger partial charge in [-0.1, -0.05) is 49.8 Å². The molecular formula is C39H46ClN5O9S. The number of aromatic nitrogens is 2. The normalized spacial score (nSPS) is 27.1. The molecule has 2 aromatic heterocycles. The molecule has 0 bridgehead atoms. The minimum Gasteiger partial charge on any atom is -0.495 e. The second-order valence-electron chi connectivity index (χ2n) is 15.9. The van der Waals surface area contributed by atoms with Crippen molar-refractivity contribution in [2.24, 2.45) is 23.2 Å². The molecule has 2 N–H and O–H groups in total. The van der Waals surface area contributed by atoms with Crippen LogP contribution < -0.4 is 24.8 Å². The summed E-state index contributed by atoms with van der Waals surface area (Å²) in [5, 5.41) is 8.80. The molecule has 1 aromatic carbocycles. The number of thiazole rings is 1. The molecule has 55 heavy (non-hydrogen) atoms. The number of ether oxygens (including phenoxy) is 5. The van der Waals surface area contributed by atoms with E-state index in [2.05, 4.69) is 22.2 Å². The highest BCUT2D eigenvalue weighted by molar-refractivity contribution is 7.11. The molecule has 1 saturated heterocycles. The van der Waals surface area contributed by atoms with E-state index in [0.717, 1.165) is 12.8 Å². The van der Waals surface area contributed by atoms with Gasteiger partial charge in [0.1, 0.15) is 52.0 Å². The number of carbonyl (C=O) groups is 4. The fraction of sp³-hybridized carbons (Fsp3) is 0.538. The predicted molar refractivity (Wildman–Crippen MR) is 204 cm³/mol. The number of benzene rings is 1. The Balaban J connectivity index is 1.21. The molecule has 0 spiro atoms. The Morgan fingerprint density at radius 2 is 1.76 bits per heavy atom. The van der Waals surface area contributed by atoms with Gasteiger partial charge in [-0.05, 0) is 55.1 Å². The van der Waals surface area contributed by atoms with Crippen molar-refractivity contribution in [3.63, 3.8) is 0 Å². The molecule has 294 valence electrons. The molecule has 3 heterocycles. The Bertz CT molecular complexity index is 2030. The zero-order chi connectivity index (χ0) is 39.4. The maximum Gasteiger partial charge on any atom is 0.408 e. The number of nitrogens with zero attached hydrogens (tertiary/aromatic N) is 3. The van der Waals surface area contributed by atoms with Crippen molar-refractivity contribution in [3.05, 3.63) is 41.3 Å². The van der Waals surface area contributed by atoms with Crippen LogP contribution in [0.3, 0.4) is 0 Å². The van der Waals surface area contributed by atoms with Crippen LogP contribution in [-0.4, -0.2) is 96.4 Å². The van der Waals surface area contributed by atoms with E-state index in [1.807, 2.05) is 20.8 Å². The van der Waals surface area contributed by atoms with Gasteiger partial charge in [-0.2, -0.15) is 0 Å². The van der Waals surface area contributed by atoms with E-state index >= 15 is 0 Å². The molecule has 1 aliphatic heterocycles. The molecule has 3 aromatic rings. The summed E-state index contributed by atoms with van der Waals surface area (Å²) in [5.74, 6) is 0.0282. The first-order valence-electron chi connectivity index (χ1n) is 18.3. The first-order chi connectivity index (χ1) is 26.2. The van der Waals surface area contributed by atoms with E-state index in [9.17, 15) is 19.2 Å². The summed E-state index contributed by atoms with van der Waals surface area (Å²) in [6, 6.07) is 3.08. The summed E-state index contributed by atoms with van der Waals surface area (Å²) in [5.41, 5.74) is -0.679. The van der Waals surface area contributed by atoms with Crippen LogP contribution in [0.1, 0.15) is 52.9 Å². The van der Waals surface area contributed by atoms with Gasteiger partial charge in [0.2, 0.25) is 11.8 Å². The molecule has 7 rings (SSSR count). The number of carbonyl (C=O) groups excluding carboxylic acids is 4. The highest BCUT2D eigenvalue weighted by Gasteiger charge is 2.62. The van der Waals surface area contributed by atoms with E-state index in [0.29, 0.717) is 57.2 Å². The molecule has 14 nitrogen and oxygen atoms in total. The van der Waals surface area contributed by atoms with Crippen molar-refractivity contribution < 1.29 is 42.9 Å². The average Bonchev–Trinajstić information content (AvgIpc) is 3.80. The van der Waals surface area contributed by atoms with Crippen LogP contribution in [0.4, 0.5) is 4.79 Å². The lowest BCUT2D eigenvalue weighted by Gasteiger charge is -2.35. The molecule has 16 heteroatoms. The second-order valence-corrected chi connectivity index (χ2v) is 17.1. The zero-order valence-corrected chi connectivity index (χ0v) is 33.3. The first-order valence-corrected chi connectivity index (χ1v) is 19.6. The van der Waals surface area contributed by atoms with Gasteiger partial charge in [0, 0.05) is 29.2 Å². The standard InChI is InChI=1S/C39H46ClN5O9S/c1-8-21-16-39(21,35(48)51-6)44-33(46)27-14-23(17-45(27)34(47)32(38(2,3)4)43-36(49)54-22-12-19-11-20(19)13-22)53-29-15-25(26-18-55-37(42-26)52-7)41-31-24(29)9-10-28(50-5)30(31)40/h8-10,15,18-23,27,32H,1,11-14,16-17H2,2-7H3,(H,43,49)(H,44,46)/t19-,20+,21-,22?,23-,27+,32?,39-/m1/s1. The maximum atomic E-state index is 14.7. The third-order valence-electron chi connectivity index (χ3n) is 11.2. The van der Waals surface area contributed by atoms with Gasteiger partial charge < -0.3 is 39.2 Å². The zero-order valence-electron chi connectivity index (χ0n) is 31.7. The Morgan fingerprint density at radius 1 is 1.02 bits per heavy atom. The number of halogens is 1. The quantitative estimate of drug-likeness (QED) is 0.174. The molecule has 8 atom stereocenters. The van der Waals surface area contributed by atoms with Gasteiger partial charge in [-0.15, -0.1) is 6.58 Å². The Morgan fingerprint density at radius 3 is 2.38 bits per heavy atom. The number of esters is 1. The van der Waals surface area contributed by atoms with Gasteiger partial charge in [-0.3, -0.25) is 9.59 Å². The van der Waals surface area contributed by atoms with Crippen molar-refractivity contribution in [1.29, 1.82) is 0 Å². The summed E-state index contributed by atoms with van der Waals surface area (Å²) >= 11 is 8.08. The molecule has 3 saturated carbocycles. The van der Waals surface area contributed by atoms with Crippen molar-refractivity contribution in [2.45, 2.75) is 82.7 Å². The minimum absolute atomic E-state index is 0.0180. The summed E-state index contributed by atoms with van der Waals surface area (Å²) in [6.45, 7) is 9.30. The summed E-state index contributed by atoms with van der Waals surface area (Å²) in [4.78, 5) is 65.9. The Kier molecular flexibility index (Phi) is 10.4. The summed E-state index contributed by atoms with van der Waals surface area (Å²) in [7, 11) is 4.29. The van der Waals surface area contributed by atoms with Crippen molar-refractivity contribution in [3.8, 4) is 28.1 Å². The number of amides is 3. The maximum absolute atomic E-state index is 14.7. The van der Waals surface area contributed by atoms with Crippen LogP contribution in [-0.2, 0) is 23.9 Å². The van der Waals surface area contributed by atoms with Crippen LogP contribution in [0.15, 0.2) is 36.2 Å². The molecule has 3 amide bonds. The lowest BCUT2D eigenvalue weighted by atomic mass is 9.85. The number of likely N-dealkylation sites (tertiary alicyclic amines) is 1. The molecule has 2 unspecified atom stereocenters. The largest absolute Gasteiger partial charge is 0.495 e. The first kappa shape index (κ1) is 38.6. The SMILES string of the molecule is C=C[C@@H]1C[C@]1(NC(=O)[C@@H]1C[C@@H](Oc2cc(-c3csc(OC)n3)nc3c(Cl)c(OC)ccc23)CN1C(=O)C(NC(=O)OC1C[C@@H]2C[C@@H]2C1)C(C)(C)C)C(=O)OC. The summed E-state index contributed by atoms with van der Waals surface area (Å²) < 4.78 is 28.3. The molecule has 4 fully saturated rings. The number of hydrogen-bond donors (Lipinski definition) is 2. The average molecular weight is 796 g/mol. The van der Waals surface area contributed by atoms with Crippen molar-refractivity contribution in [2.75, 3.05) is 27.9 Å². The number of hydrogen-bond acceptors (Lipinski definition) is 12. The fourth-order valence-electron chi connectivity index (χ4n) is 7.98. The Labute approximate surface area is 328 Å². The highest BCUT2D eigenvalue weighted by Crippen LogP contribution is 2.52. The summed E-state index contributed by atoms with van der Waals surface area (Å²) in [6.07, 6.45) is 3.22. The molecule has 4 aliphatic rings. The van der Waals surface area contributed by atoms with Gasteiger partial charge in [0.05, 0.1) is 39.1 Å². The topological polar surface area (TPSA) is 168 Å². The lowest BCUT2D eigenvalue weighted by Crippen LogP contribution is -2.59. The van der Waals surface area contributed by atoms with Gasteiger partial charge in [0.25, 0.3) is 5.19 Å². The van der Waals surface area contributed by atoms with Crippen LogP contribution in [0.5, 0.6) is 16.7 Å². The van der Waals surface area contributed by atoms with E-state index in [-0.39, 0.29) is 30.0 Å². The number of fused-ring (bicyclic) bond motifs is 2. The minimum atomic E-state index is -1.30. The molecule has 0 radical (unpaired) electrons. The van der Waals surface area contributed by atoms with Gasteiger partial charge in [0.15, 0.2) is 0 Å². The third kappa shape index (κ3) is 7.52. The predicted octanol–water partition coefficient (Wildman–Crippen LogP) is 5.55. The Hall–Kier alpha value is -4.63. The fourth-order valence-corrected chi connectivity index (χ4v) is 8.90. The number of nitrogens with one attached hydrogen (secondary N) is 2. The van der Waals surface area contributed by atoms with Gasteiger partial charge >= 0.3 is 12.1 Å². The molecule has 3 aliphatic carbocycles. The molecular weight excluding hydrogens is 750 g/mol. The number of rotatable bonds is 12.